The summed E-state index contributed by atoms with van der Waals surface area (Å²) in [6.45, 7) is 1.24. The van der Waals surface area contributed by atoms with E-state index in [0.717, 1.165) is 38.5 Å². The van der Waals surface area contributed by atoms with Crippen molar-refractivity contribution in [1.29, 1.82) is 0 Å². The van der Waals surface area contributed by atoms with Crippen molar-refractivity contribution in [3.05, 3.63) is 0 Å². The van der Waals surface area contributed by atoms with Gasteiger partial charge in [-0.2, -0.15) is 0 Å². The fraction of sp³-hybridized carbons (Fsp3) is 0.941. The lowest BCUT2D eigenvalue weighted by Gasteiger charge is -2.47. The fourth-order valence-electron chi connectivity index (χ4n) is 4.92. The number of fused-ring (bicyclic) bond motifs is 1. The van der Waals surface area contributed by atoms with E-state index in [0.29, 0.717) is 55.1 Å². The smallest absolute Gasteiger partial charge is 0.223 e. The van der Waals surface area contributed by atoms with Gasteiger partial charge in [0.1, 0.15) is 0 Å². The van der Waals surface area contributed by atoms with Crippen molar-refractivity contribution in [3.8, 4) is 0 Å². The third kappa shape index (κ3) is 3.16. The summed E-state index contributed by atoms with van der Waals surface area (Å²) < 4.78 is 27.3. The third-order valence-corrected chi connectivity index (χ3v) is 8.30. The number of hydrogen-bond acceptors (Lipinski definition) is 3. The summed E-state index contributed by atoms with van der Waals surface area (Å²) in [5.74, 6) is 1.36. The normalized spacial score (nSPS) is 33.9. The molecular formula is C17H28N2O3S. The SMILES string of the molecule is O=C1CC[C@H]2CN(S(=O)(=O)CC3CCCC3)CC[C@@H]2N1C1CC1. The average molecular weight is 340 g/mol. The molecule has 4 aliphatic rings. The van der Waals surface area contributed by atoms with Gasteiger partial charge < -0.3 is 4.90 Å². The van der Waals surface area contributed by atoms with Crippen LogP contribution < -0.4 is 0 Å². The minimum atomic E-state index is -3.12. The monoisotopic (exact) mass is 340 g/mol. The van der Waals surface area contributed by atoms with Gasteiger partial charge in [-0.1, -0.05) is 12.8 Å². The summed E-state index contributed by atoms with van der Waals surface area (Å²) in [6.07, 6.45) is 9.09. The number of nitrogens with zero attached hydrogens (tertiary/aromatic N) is 2. The molecule has 1 amide bonds. The molecule has 6 heteroatoms. The number of amides is 1. The van der Waals surface area contributed by atoms with Gasteiger partial charge in [-0.3, -0.25) is 4.79 Å². The average Bonchev–Trinajstić information content (AvgIpc) is 3.23. The molecule has 0 aromatic carbocycles. The molecule has 0 bridgehead atoms. The zero-order chi connectivity index (χ0) is 16.0. The predicted molar refractivity (Wildman–Crippen MR) is 88.3 cm³/mol. The Hall–Kier alpha value is -0.620. The van der Waals surface area contributed by atoms with Crippen LogP contribution in [0.2, 0.25) is 0 Å². The highest BCUT2D eigenvalue weighted by atomic mass is 32.2. The molecular weight excluding hydrogens is 312 g/mol. The van der Waals surface area contributed by atoms with Crippen molar-refractivity contribution in [3.63, 3.8) is 0 Å². The Morgan fingerprint density at radius 1 is 1.00 bits per heavy atom. The molecule has 0 spiro atoms. The molecule has 4 rings (SSSR count). The van der Waals surface area contributed by atoms with Crippen LogP contribution in [0.25, 0.3) is 0 Å². The zero-order valence-corrected chi connectivity index (χ0v) is 14.6. The van der Waals surface area contributed by atoms with Gasteiger partial charge in [0.05, 0.1) is 5.75 Å². The van der Waals surface area contributed by atoms with E-state index < -0.39 is 10.0 Å². The second-order valence-corrected chi connectivity index (χ2v) is 9.99. The highest BCUT2D eigenvalue weighted by Gasteiger charge is 2.46. The number of carbonyl (C=O) groups excluding carboxylic acids is 1. The zero-order valence-electron chi connectivity index (χ0n) is 13.8. The molecule has 0 aromatic rings. The van der Waals surface area contributed by atoms with Crippen LogP contribution in [0.1, 0.15) is 57.8 Å². The minimum Gasteiger partial charge on any atom is -0.336 e. The highest BCUT2D eigenvalue weighted by Crippen LogP contribution is 2.39. The number of sulfonamides is 1. The number of hydrogen-bond donors (Lipinski definition) is 0. The van der Waals surface area contributed by atoms with Crippen LogP contribution in [0.4, 0.5) is 0 Å². The van der Waals surface area contributed by atoms with Gasteiger partial charge in [-0.15, -0.1) is 0 Å². The molecule has 0 radical (unpaired) electrons. The summed E-state index contributed by atoms with van der Waals surface area (Å²) in [7, 11) is -3.12. The summed E-state index contributed by atoms with van der Waals surface area (Å²) in [4.78, 5) is 14.4. The molecule has 2 atom stereocenters. The molecule has 5 nitrogen and oxygen atoms in total. The Morgan fingerprint density at radius 3 is 2.43 bits per heavy atom. The van der Waals surface area contributed by atoms with E-state index in [2.05, 4.69) is 4.90 Å². The van der Waals surface area contributed by atoms with Crippen LogP contribution >= 0.6 is 0 Å². The second-order valence-electron chi connectivity index (χ2n) is 7.97. The first-order valence-electron chi connectivity index (χ1n) is 9.33. The lowest BCUT2D eigenvalue weighted by molar-refractivity contribution is -0.141. The molecule has 4 fully saturated rings. The Labute approximate surface area is 139 Å². The summed E-state index contributed by atoms with van der Waals surface area (Å²) in [6, 6.07) is 0.749. The molecule has 2 saturated heterocycles. The fourth-order valence-corrected chi connectivity index (χ4v) is 6.86. The van der Waals surface area contributed by atoms with Gasteiger partial charge >= 0.3 is 0 Å². The summed E-state index contributed by atoms with van der Waals surface area (Å²) in [5, 5.41) is 0. The van der Waals surface area contributed by atoms with Crippen molar-refractivity contribution >= 4 is 15.9 Å². The first-order chi connectivity index (χ1) is 11.0. The summed E-state index contributed by atoms with van der Waals surface area (Å²) >= 11 is 0. The molecule has 2 aliphatic heterocycles. The Bertz CT molecular complexity index is 566. The second kappa shape index (κ2) is 6.03. The maximum Gasteiger partial charge on any atom is 0.223 e. The maximum absolute atomic E-state index is 12.8. The van der Waals surface area contributed by atoms with Gasteiger partial charge in [-0.25, -0.2) is 12.7 Å². The van der Waals surface area contributed by atoms with E-state index in [1.165, 1.54) is 12.8 Å². The van der Waals surface area contributed by atoms with Crippen molar-refractivity contribution in [2.45, 2.75) is 69.9 Å². The number of piperidine rings is 2. The maximum atomic E-state index is 12.8. The molecule has 2 saturated carbocycles. The van der Waals surface area contributed by atoms with Crippen LogP contribution in [-0.4, -0.2) is 54.5 Å². The van der Waals surface area contributed by atoms with Crippen LogP contribution in [0.3, 0.4) is 0 Å². The van der Waals surface area contributed by atoms with Gasteiger partial charge in [-0.05, 0) is 50.4 Å². The quantitative estimate of drug-likeness (QED) is 0.786. The van der Waals surface area contributed by atoms with Crippen LogP contribution in [0, 0.1) is 11.8 Å². The number of rotatable bonds is 4. The molecule has 0 aromatic heterocycles. The molecule has 0 N–H and O–H groups in total. The lowest BCUT2D eigenvalue weighted by Crippen LogP contribution is -2.57. The van der Waals surface area contributed by atoms with Gasteiger partial charge in [0.2, 0.25) is 15.9 Å². The largest absolute Gasteiger partial charge is 0.336 e. The van der Waals surface area contributed by atoms with Gasteiger partial charge in [0.25, 0.3) is 0 Å². The number of carbonyl (C=O) groups is 1. The Balaban J connectivity index is 1.43. The standard InChI is InChI=1S/C17H28N2O3S/c20-17-8-5-14-11-18(10-9-16(14)19(17)15-6-7-15)23(21,22)12-13-3-1-2-4-13/h13-16H,1-12H2/t14-,16-/m0/s1. The predicted octanol–water partition coefficient (Wildman–Crippen LogP) is 1.98. The van der Waals surface area contributed by atoms with E-state index in [-0.39, 0.29) is 0 Å². The van der Waals surface area contributed by atoms with E-state index in [4.69, 9.17) is 0 Å². The van der Waals surface area contributed by atoms with Crippen molar-refractivity contribution in [1.82, 2.24) is 9.21 Å². The van der Waals surface area contributed by atoms with Crippen molar-refractivity contribution in [2.75, 3.05) is 18.8 Å². The Kier molecular flexibility index (Phi) is 4.16. The van der Waals surface area contributed by atoms with E-state index in [1.807, 2.05) is 0 Å². The van der Waals surface area contributed by atoms with E-state index >= 15 is 0 Å². The van der Waals surface area contributed by atoms with E-state index in [9.17, 15) is 13.2 Å². The van der Waals surface area contributed by atoms with Crippen LogP contribution in [-0.2, 0) is 14.8 Å². The molecule has 23 heavy (non-hydrogen) atoms. The topological polar surface area (TPSA) is 57.7 Å². The lowest BCUT2D eigenvalue weighted by atomic mass is 9.84. The Morgan fingerprint density at radius 2 is 1.74 bits per heavy atom. The van der Waals surface area contributed by atoms with Crippen molar-refractivity contribution < 1.29 is 13.2 Å². The molecule has 2 heterocycles. The van der Waals surface area contributed by atoms with Gasteiger partial charge in [0, 0.05) is 31.6 Å². The first kappa shape index (κ1) is 15.9. The minimum absolute atomic E-state index is 0.293. The molecule has 130 valence electrons. The highest BCUT2D eigenvalue weighted by molar-refractivity contribution is 7.89. The van der Waals surface area contributed by atoms with Crippen LogP contribution in [0.5, 0.6) is 0 Å². The van der Waals surface area contributed by atoms with Crippen molar-refractivity contribution in [2.24, 2.45) is 11.8 Å². The summed E-state index contributed by atoms with van der Waals surface area (Å²) in [5.41, 5.74) is 0. The molecule has 0 unspecified atom stereocenters. The van der Waals surface area contributed by atoms with Gasteiger partial charge in [0.15, 0.2) is 0 Å². The van der Waals surface area contributed by atoms with Crippen LogP contribution in [0.15, 0.2) is 0 Å². The van der Waals surface area contributed by atoms with E-state index in [1.54, 1.807) is 4.31 Å². The number of likely N-dealkylation sites (tertiary alicyclic amines) is 1. The molecule has 2 aliphatic carbocycles. The first-order valence-corrected chi connectivity index (χ1v) is 10.9. The third-order valence-electron chi connectivity index (χ3n) is 6.29.